The number of rotatable bonds is 3. The first-order valence-corrected chi connectivity index (χ1v) is 6.67. The van der Waals surface area contributed by atoms with Crippen LogP contribution in [-0.4, -0.2) is 47.3 Å². The van der Waals surface area contributed by atoms with Gasteiger partial charge in [-0.3, -0.25) is 5.41 Å². The Balaban J connectivity index is 2.32. The minimum absolute atomic E-state index is 0.0225. The zero-order valence-corrected chi connectivity index (χ0v) is 12.2. The Kier molecular flexibility index (Phi) is 3.96. The fourth-order valence-corrected chi connectivity index (χ4v) is 2.53. The molecule has 0 bridgehead atoms. The molecular formula is C14H22N4O2. The highest BCUT2D eigenvalue weighted by Gasteiger charge is 2.33. The molecule has 1 fully saturated rings. The molecule has 1 atom stereocenters. The smallest absolute Gasteiger partial charge is 0.129 e. The topological polar surface area (TPSA) is 95.5 Å². The van der Waals surface area contributed by atoms with E-state index in [0.717, 1.165) is 11.5 Å². The number of aliphatic hydroxyl groups is 1. The molecule has 2 rings (SSSR count). The van der Waals surface area contributed by atoms with Crippen molar-refractivity contribution in [3.8, 4) is 0 Å². The van der Waals surface area contributed by atoms with Crippen LogP contribution in [0.5, 0.6) is 0 Å². The lowest BCUT2D eigenvalue weighted by Crippen LogP contribution is -2.54. The molecule has 1 aromatic rings. The first-order chi connectivity index (χ1) is 9.30. The zero-order chi connectivity index (χ0) is 14.9. The number of nitrogens with zero attached hydrogens (tertiary/aromatic N) is 2. The number of amidine groups is 1. The second-order valence-electron chi connectivity index (χ2n) is 5.83. The number of hydrogen-bond acceptors (Lipinski definition) is 5. The minimum atomic E-state index is -0.354. The number of anilines is 1. The Labute approximate surface area is 119 Å². The molecule has 0 aliphatic carbocycles. The molecule has 1 aliphatic heterocycles. The van der Waals surface area contributed by atoms with Gasteiger partial charge in [-0.25, -0.2) is 4.98 Å². The number of pyridine rings is 1. The molecule has 0 aromatic carbocycles. The van der Waals surface area contributed by atoms with Gasteiger partial charge in [0.25, 0.3) is 0 Å². The number of morpholine rings is 1. The van der Waals surface area contributed by atoms with E-state index < -0.39 is 0 Å². The van der Waals surface area contributed by atoms with Crippen molar-refractivity contribution in [3.05, 3.63) is 23.4 Å². The fraction of sp³-hybridized carbons (Fsp3) is 0.571. The summed E-state index contributed by atoms with van der Waals surface area (Å²) in [7, 11) is 0. The third-order valence-corrected chi connectivity index (χ3v) is 3.26. The van der Waals surface area contributed by atoms with Crippen molar-refractivity contribution in [2.24, 2.45) is 5.73 Å². The summed E-state index contributed by atoms with van der Waals surface area (Å²) in [4.78, 5) is 6.58. The predicted octanol–water partition coefficient (Wildman–Crippen LogP) is 0.650. The van der Waals surface area contributed by atoms with Gasteiger partial charge < -0.3 is 20.5 Å². The highest BCUT2D eigenvalue weighted by atomic mass is 16.5. The quantitative estimate of drug-likeness (QED) is 0.557. The molecule has 4 N–H and O–H groups in total. The lowest BCUT2D eigenvalue weighted by atomic mass is 10.0. The van der Waals surface area contributed by atoms with Crippen LogP contribution in [0.2, 0.25) is 0 Å². The van der Waals surface area contributed by atoms with E-state index >= 15 is 0 Å². The zero-order valence-electron chi connectivity index (χ0n) is 12.2. The normalized spacial score (nSPS) is 21.8. The molecule has 6 heteroatoms. The lowest BCUT2D eigenvalue weighted by Gasteiger charge is -2.43. The van der Waals surface area contributed by atoms with E-state index in [4.69, 9.17) is 15.9 Å². The van der Waals surface area contributed by atoms with E-state index in [1.165, 1.54) is 0 Å². The number of nitrogens with one attached hydrogen (secondary N) is 1. The highest BCUT2D eigenvalue weighted by Crippen LogP contribution is 2.25. The van der Waals surface area contributed by atoms with Crippen LogP contribution in [0.15, 0.2) is 12.1 Å². The van der Waals surface area contributed by atoms with Gasteiger partial charge in [-0.15, -0.1) is 0 Å². The van der Waals surface area contributed by atoms with Gasteiger partial charge in [0, 0.05) is 24.3 Å². The standard InChI is InChI=1S/C14H22N4O2/c1-9-4-10(13(15)16)5-12(17-9)18-6-11(7-19)20-14(2,3)8-18/h4-5,11,19H,6-8H2,1-3H3,(H3,15,16). The molecular weight excluding hydrogens is 256 g/mol. The van der Waals surface area contributed by atoms with Gasteiger partial charge >= 0.3 is 0 Å². The van der Waals surface area contributed by atoms with E-state index in [1.807, 2.05) is 26.8 Å². The SMILES string of the molecule is Cc1cc(C(=N)N)cc(N2CC(CO)OC(C)(C)C2)n1. The number of nitrogens with two attached hydrogens (primary N) is 1. The summed E-state index contributed by atoms with van der Waals surface area (Å²) >= 11 is 0. The van der Waals surface area contributed by atoms with Crippen molar-refractivity contribution < 1.29 is 9.84 Å². The number of nitrogen functional groups attached to an aromatic ring is 1. The Morgan fingerprint density at radius 3 is 2.90 bits per heavy atom. The third kappa shape index (κ3) is 3.26. The Hall–Kier alpha value is -1.66. The molecule has 0 saturated carbocycles. The summed E-state index contributed by atoms with van der Waals surface area (Å²) in [5.41, 5.74) is 6.69. The number of aliphatic hydroxyl groups excluding tert-OH is 1. The van der Waals surface area contributed by atoms with Gasteiger partial charge in [-0.05, 0) is 32.9 Å². The Morgan fingerprint density at radius 1 is 1.60 bits per heavy atom. The number of hydrogen-bond donors (Lipinski definition) is 3. The van der Waals surface area contributed by atoms with E-state index in [0.29, 0.717) is 18.7 Å². The van der Waals surface area contributed by atoms with Crippen LogP contribution < -0.4 is 10.6 Å². The Bertz CT molecular complexity index is 516. The van der Waals surface area contributed by atoms with Crippen LogP contribution in [0.25, 0.3) is 0 Å². The molecule has 0 spiro atoms. The minimum Gasteiger partial charge on any atom is -0.394 e. The first-order valence-electron chi connectivity index (χ1n) is 6.67. The Morgan fingerprint density at radius 2 is 2.30 bits per heavy atom. The lowest BCUT2D eigenvalue weighted by molar-refractivity contribution is -0.101. The van der Waals surface area contributed by atoms with Crippen molar-refractivity contribution in [1.29, 1.82) is 5.41 Å². The maximum atomic E-state index is 9.36. The molecule has 0 amide bonds. The second kappa shape index (κ2) is 5.38. The summed E-state index contributed by atoms with van der Waals surface area (Å²) in [6.45, 7) is 7.09. The van der Waals surface area contributed by atoms with Crippen molar-refractivity contribution in [2.45, 2.75) is 32.5 Å². The highest BCUT2D eigenvalue weighted by molar-refractivity contribution is 5.95. The van der Waals surface area contributed by atoms with Crippen LogP contribution in [0, 0.1) is 12.3 Å². The van der Waals surface area contributed by atoms with Gasteiger partial charge in [-0.1, -0.05) is 0 Å². The second-order valence-corrected chi connectivity index (χ2v) is 5.83. The van der Waals surface area contributed by atoms with E-state index in [-0.39, 0.29) is 24.1 Å². The van der Waals surface area contributed by atoms with Crippen LogP contribution in [-0.2, 0) is 4.74 Å². The number of aryl methyl sites for hydroxylation is 1. The van der Waals surface area contributed by atoms with Gasteiger partial charge in [-0.2, -0.15) is 0 Å². The van der Waals surface area contributed by atoms with Crippen LogP contribution in [0.1, 0.15) is 25.1 Å². The van der Waals surface area contributed by atoms with Crippen LogP contribution in [0.4, 0.5) is 5.82 Å². The summed E-state index contributed by atoms with van der Waals surface area (Å²) in [6.07, 6.45) is -0.234. The summed E-state index contributed by atoms with van der Waals surface area (Å²) in [6, 6.07) is 3.60. The van der Waals surface area contributed by atoms with Gasteiger partial charge in [0.05, 0.1) is 18.3 Å². The number of ether oxygens (including phenoxy) is 1. The van der Waals surface area contributed by atoms with Gasteiger partial charge in [0.1, 0.15) is 11.7 Å². The molecule has 2 heterocycles. The van der Waals surface area contributed by atoms with E-state index in [9.17, 15) is 5.11 Å². The van der Waals surface area contributed by atoms with E-state index in [2.05, 4.69) is 9.88 Å². The molecule has 20 heavy (non-hydrogen) atoms. The van der Waals surface area contributed by atoms with Crippen molar-refractivity contribution in [2.75, 3.05) is 24.6 Å². The van der Waals surface area contributed by atoms with Gasteiger partial charge in [0.15, 0.2) is 0 Å². The molecule has 6 nitrogen and oxygen atoms in total. The van der Waals surface area contributed by atoms with Crippen molar-refractivity contribution in [3.63, 3.8) is 0 Å². The average molecular weight is 278 g/mol. The summed E-state index contributed by atoms with van der Waals surface area (Å²) in [5, 5.41) is 16.9. The molecule has 110 valence electrons. The van der Waals surface area contributed by atoms with Crippen molar-refractivity contribution >= 4 is 11.7 Å². The molecule has 0 radical (unpaired) electrons. The molecule has 1 aliphatic rings. The summed E-state index contributed by atoms with van der Waals surface area (Å²) in [5.74, 6) is 0.799. The third-order valence-electron chi connectivity index (χ3n) is 3.26. The van der Waals surface area contributed by atoms with Crippen LogP contribution >= 0.6 is 0 Å². The molecule has 1 aromatic heterocycles. The molecule has 1 unspecified atom stereocenters. The first kappa shape index (κ1) is 14.7. The average Bonchev–Trinajstić information content (AvgIpc) is 2.36. The number of aromatic nitrogens is 1. The monoisotopic (exact) mass is 278 g/mol. The van der Waals surface area contributed by atoms with Crippen molar-refractivity contribution in [1.82, 2.24) is 4.98 Å². The maximum absolute atomic E-state index is 9.36. The van der Waals surface area contributed by atoms with Gasteiger partial charge in [0.2, 0.25) is 0 Å². The maximum Gasteiger partial charge on any atom is 0.129 e. The summed E-state index contributed by atoms with van der Waals surface area (Å²) < 4.78 is 5.80. The van der Waals surface area contributed by atoms with Crippen LogP contribution in [0.3, 0.4) is 0 Å². The van der Waals surface area contributed by atoms with E-state index in [1.54, 1.807) is 6.07 Å². The fourth-order valence-electron chi connectivity index (χ4n) is 2.53. The molecule has 1 saturated heterocycles. The predicted molar refractivity (Wildman–Crippen MR) is 78.2 cm³/mol. The largest absolute Gasteiger partial charge is 0.394 e.